The molecule has 1 heterocycles. The Kier molecular flexibility index (Phi) is 17.8. The van der Waals surface area contributed by atoms with Crippen LogP contribution in [0.1, 0.15) is 24.0 Å². The van der Waals surface area contributed by atoms with E-state index in [1.807, 2.05) is 0 Å². The highest BCUT2D eigenvalue weighted by atomic mass is 32.2. The van der Waals surface area contributed by atoms with Crippen molar-refractivity contribution in [1.29, 1.82) is 0 Å². The predicted molar refractivity (Wildman–Crippen MR) is 148 cm³/mol. The van der Waals surface area contributed by atoms with Gasteiger partial charge in [-0.25, -0.2) is 4.79 Å². The SMILES string of the molecule is CNCC(=O)O.NC(N)=NCCC[C@H](N)C(=O)O.N[C@@H](Cc1cccnc1)C(=O)OS(=O)(=O)Cc1ccccc1. The first-order valence-corrected chi connectivity index (χ1v) is 13.4. The summed E-state index contributed by atoms with van der Waals surface area (Å²) in [6, 6.07) is 10.0. The van der Waals surface area contributed by atoms with Gasteiger partial charge in [-0.3, -0.25) is 19.6 Å². The molecular weight excluding hydrogens is 546 g/mol. The van der Waals surface area contributed by atoms with Crippen molar-refractivity contribution in [2.24, 2.45) is 27.9 Å². The van der Waals surface area contributed by atoms with Gasteiger partial charge in [0.05, 0.1) is 6.54 Å². The standard InChI is InChI=1S/C15H16N2O4S.C6H14N4O2.C3H7NO2/c16-14(9-13-7-4-8-17-10-13)15(18)21-22(19,20)11-12-5-2-1-3-6-12;7-4(5(11)12)2-1-3-10-6(8)9;1-4-2-3(5)6/h1-8,10,14H,9,11,16H2;4H,1-3,7H2,(H,11,12)(H4,8,9,10);4H,2H2,1H3,(H,5,6)/t14-;4-;/m00./s1. The molecule has 11 N–H and O–H groups in total. The number of carboxylic acids is 2. The summed E-state index contributed by atoms with van der Waals surface area (Å²) in [6.07, 6.45) is 4.27. The first-order chi connectivity index (χ1) is 18.8. The van der Waals surface area contributed by atoms with Gasteiger partial charge in [-0.15, -0.1) is 0 Å². The molecule has 0 aliphatic carbocycles. The topological polar surface area (TPSA) is 276 Å². The summed E-state index contributed by atoms with van der Waals surface area (Å²) in [6.45, 7) is 0.462. The molecule has 0 amide bonds. The number of carboxylic acid groups (broad SMARTS) is 2. The number of aliphatic carboxylic acids is 2. The van der Waals surface area contributed by atoms with Crippen LogP contribution in [0, 0.1) is 0 Å². The zero-order valence-electron chi connectivity index (χ0n) is 22.0. The van der Waals surface area contributed by atoms with Crippen molar-refractivity contribution in [3.05, 3.63) is 66.0 Å². The fourth-order valence-electron chi connectivity index (χ4n) is 2.64. The second kappa shape index (κ2) is 19.9. The molecule has 0 saturated carbocycles. The number of carbonyl (C=O) groups is 3. The van der Waals surface area contributed by atoms with Crippen LogP contribution in [-0.2, 0) is 40.9 Å². The molecule has 16 heteroatoms. The van der Waals surface area contributed by atoms with Crippen molar-refractivity contribution in [2.75, 3.05) is 20.1 Å². The number of aliphatic imine (C=N–C) groups is 1. The van der Waals surface area contributed by atoms with Crippen LogP contribution >= 0.6 is 0 Å². The molecule has 0 radical (unpaired) electrons. The average molecular weight is 584 g/mol. The van der Waals surface area contributed by atoms with Crippen molar-refractivity contribution in [3.8, 4) is 0 Å². The van der Waals surface area contributed by atoms with Crippen LogP contribution in [0.15, 0.2) is 59.9 Å². The molecular formula is C24H37N7O8S. The van der Waals surface area contributed by atoms with Crippen LogP contribution < -0.4 is 28.3 Å². The van der Waals surface area contributed by atoms with Crippen molar-refractivity contribution in [1.82, 2.24) is 10.3 Å². The van der Waals surface area contributed by atoms with E-state index in [-0.39, 0.29) is 24.7 Å². The summed E-state index contributed by atoms with van der Waals surface area (Å²) in [5.41, 5.74) is 22.3. The number of rotatable bonds is 13. The van der Waals surface area contributed by atoms with Crippen molar-refractivity contribution in [3.63, 3.8) is 0 Å². The number of aromatic nitrogens is 1. The molecule has 2 rings (SSSR count). The van der Waals surface area contributed by atoms with E-state index in [4.69, 9.17) is 33.1 Å². The predicted octanol–water partition coefficient (Wildman–Crippen LogP) is -1.23. The Labute approximate surface area is 232 Å². The number of nitrogens with one attached hydrogen (secondary N) is 1. The minimum absolute atomic E-state index is 0.0129. The molecule has 40 heavy (non-hydrogen) atoms. The largest absolute Gasteiger partial charge is 0.480 e. The average Bonchev–Trinajstić information content (AvgIpc) is 2.87. The summed E-state index contributed by atoms with van der Waals surface area (Å²) < 4.78 is 28.3. The molecule has 2 aromatic rings. The smallest absolute Gasteiger partial charge is 0.339 e. The molecule has 222 valence electrons. The van der Waals surface area contributed by atoms with E-state index < -0.39 is 40.1 Å². The zero-order valence-corrected chi connectivity index (χ0v) is 22.9. The van der Waals surface area contributed by atoms with Crippen LogP contribution in [0.2, 0.25) is 0 Å². The highest BCUT2D eigenvalue weighted by molar-refractivity contribution is 7.86. The Morgan fingerprint density at radius 2 is 1.65 bits per heavy atom. The molecule has 0 fully saturated rings. The van der Waals surface area contributed by atoms with E-state index in [1.54, 1.807) is 61.9 Å². The van der Waals surface area contributed by atoms with E-state index >= 15 is 0 Å². The molecule has 0 aliphatic heterocycles. The van der Waals surface area contributed by atoms with Crippen molar-refractivity contribution in [2.45, 2.75) is 37.1 Å². The molecule has 2 atom stereocenters. The fourth-order valence-corrected chi connectivity index (χ4v) is 3.68. The monoisotopic (exact) mass is 583 g/mol. The third kappa shape index (κ3) is 19.0. The van der Waals surface area contributed by atoms with Gasteiger partial charge in [0, 0.05) is 18.9 Å². The number of pyridine rings is 1. The fraction of sp³-hybridized carbons (Fsp3) is 0.375. The lowest BCUT2D eigenvalue weighted by Crippen LogP contribution is -2.36. The second-order valence-electron chi connectivity index (χ2n) is 8.08. The maximum Gasteiger partial charge on any atom is 0.339 e. The summed E-state index contributed by atoms with van der Waals surface area (Å²) in [5.74, 6) is -3.16. The van der Waals surface area contributed by atoms with Gasteiger partial charge in [0.15, 0.2) is 5.96 Å². The number of benzene rings is 1. The first kappa shape index (κ1) is 35.9. The Balaban J connectivity index is 0.000000709. The number of hydrogen-bond donors (Lipinski definition) is 7. The summed E-state index contributed by atoms with van der Waals surface area (Å²) in [4.78, 5) is 39.1. The summed E-state index contributed by atoms with van der Waals surface area (Å²) >= 11 is 0. The number of nitrogens with two attached hydrogens (primary N) is 4. The van der Waals surface area contributed by atoms with Gasteiger partial charge in [0.2, 0.25) is 0 Å². The maximum absolute atomic E-state index is 11.9. The first-order valence-electron chi connectivity index (χ1n) is 11.8. The van der Waals surface area contributed by atoms with Crippen LogP contribution in [0.4, 0.5) is 0 Å². The highest BCUT2D eigenvalue weighted by Crippen LogP contribution is 2.09. The minimum atomic E-state index is -4.02. The lowest BCUT2D eigenvalue weighted by atomic mass is 10.1. The Morgan fingerprint density at radius 1 is 1.02 bits per heavy atom. The number of nitrogens with zero attached hydrogens (tertiary/aromatic N) is 2. The number of guanidine groups is 1. The molecule has 0 unspecified atom stereocenters. The molecule has 1 aromatic carbocycles. The summed E-state index contributed by atoms with van der Waals surface area (Å²) in [7, 11) is -2.42. The number of likely N-dealkylation sites (N-methyl/N-ethyl adjacent to an activating group) is 1. The lowest BCUT2D eigenvalue weighted by molar-refractivity contribution is -0.139. The Morgan fingerprint density at radius 3 is 2.12 bits per heavy atom. The van der Waals surface area contributed by atoms with E-state index in [0.29, 0.717) is 24.9 Å². The van der Waals surface area contributed by atoms with Crippen LogP contribution in [0.25, 0.3) is 0 Å². The molecule has 0 bridgehead atoms. The van der Waals surface area contributed by atoms with Gasteiger partial charge in [-0.2, -0.15) is 8.42 Å². The van der Waals surface area contributed by atoms with Gasteiger partial charge < -0.3 is 42.6 Å². The molecule has 0 aliphatic rings. The zero-order chi connectivity index (χ0) is 30.6. The van der Waals surface area contributed by atoms with E-state index in [2.05, 4.69) is 19.5 Å². The number of carbonyl (C=O) groups excluding carboxylic acids is 1. The Hall–Kier alpha value is -4.12. The van der Waals surface area contributed by atoms with E-state index in [1.165, 1.54) is 0 Å². The van der Waals surface area contributed by atoms with Crippen LogP contribution in [0.3, 0.4) is 0 Å². The van der Waals surface area contributed by atoms with Crippen molar-refractivity contribution < 1.29 is 37.2 Å². The molecule has 15 nitrogen and oxygen atoms in total. The third-order valence-electron chi connectivity index (χ3n) is 4.49. The second-order valence-corrected chi connectivity index (χ2v) is 9.65. The van der Waals surface area contributed by atoms with Crippen molar-refractivity contribution >= 4 is 34.0 Å². The normalized spacial score (nSPS) is 11.8. The van der Waals surface area contributed by atoms with Gasteiger partial charge >= 0.3 is 28.0 Å². The van der Waals surface area contributed by atoms with Gasteiger partial charge in [0.1, 0.15) is 17.8 Å². The third-order valence-corrected chi connectivity index (χ3v) is 5.59. The number of hydrogen-bond acceptors (Lipinski definition) is 11. The van der Waals surface area contributed by atoms with E-state index in [0.717, 1.165) is 5.56 Å². The van der Waals surface area contributed by atoms with Crippen LogP contribution in [0.5, 0.6) is 0 Å². The lowest BCUT2D eigenvalue weighted by Gasteiger charge is -2.11. The Bertz CT molecular complexity index is 1160. The molecule has 0 saturated heterocycles. The highest BCUT2D eigenvalue weighted by Gasteiger charge is 2.23. The minimum Gasteiger partial charge on any atom is -0.480 e. The maximum atomic E-state index is 11.9. The van der Waals surface area contributed by atoms with Gasteiger partial charge in [-0.05, 0) is 43.5 Å². The molecule has 0 spiro atoms. The van der Waals surface area contributed by atoms with Gasteiger partial charge in [-0.1, -0.05) is 36.4 Å². The molecule has 1 aromatic heterocycles. The quantitative estimate of drug-likeness (QED) is 0.0629. The summed E-state index contributed by atoms with van der Waals surface area (Å²) in [5, 5.41) is 18.7. The van der Waals surface area contributed by atoms with E-state index in [9.17, 15) is 22.8 Å². The van der Waals surface area contributed by atoms with Gasteiger partial charge in [0.25, 0.3) is 0 Å². The van der Waals surface area contributed by atoms with Crippen LogP contribution in [-0.4, -0.2) is 79.7 Å².